The van der Waals surface area contributed by atoms with Gasteiger partial charge in [0.1, 0.15) is 5.82 Å². The number of nitrogens with two attached hydrogens (primary N) is 1. The first-order valence-corrected chi connectivity index (χ1v) is 5.61. The molecule has 1 aliphatic rings. The van der Waals surface area contributed by atoms with E-state index in [1.54, 1.807) is 6.20 Å². The Labute approximate surface area is 91.5 Å². The van der Waals surface area contributed by atoms with Crippen molar-refractivity contribution in [1.82, 2.24) is 9.78 Å². The van der Waals surface area contributed by atoms with Crippen LogP contribution >= 0.6 is 15.9 Å². The van der Waals surface area contributed by atoms with Crippen LogP contribution in [0.25, 0.3) is 0 Å². The monoisotopic (exact) mass is 259 g/mol. The number of nitrogens with zero attached hydrogens (tertiary/aromatic N) is 2. The zero-order chi connectivity index (χ0) is 9.97. The molecule has 0 bridgehead atoms. The van der Waals surface area contributed by atoms with Gasteiger partial charge >= 0.3 is 0 Å². The molecular weight excluding hydrogens is 246 g/mol. The SMILES string of the molecule is Nc1c(Br)cnn1CC1CCOCC1. The highest BCUT2D eigenvalue weighted by Gasteiger charge is 2.16. The molecule has 2 rings (SSSR count). The molecule has 1 aromatic heterocycles. The Kier molecular flexibility index (Phi) is 3.08. The topological polar surface area (TPSA) is 53.1 Å². The minimum absolute atomic E-state index is 0.651. The van der Waals surface area contributed by atoms with Crippen molar-refractivity contribution in [2.24, 2.45) is 5.92 Å². The van der Waals surface area contributed by atoms with Crippen LogP contribution in [0.2, 0.25) is 0 Å². The van der Waals surface area contributed by atoms with Crippen LogP contribution in [-0.2, 0) is 11.3 Å². The van der Waals surface area contributed by atoms with Gasteiger partial charge in [0.25, 0.3) is 0 Å². The van der Waals surface area contributed by atoms with Gasteiger partial charge in [0.15, 0.2) is 0 Å². The van der Waals surface area contributed by atoms with Crippen LogP contribution in [0.1, 0.15) is 12.8 Å². The highest BCUT2D eigenvalue weighted by atomic mass is 79.9. The summed E-state index contributed by atoms with van der Waals surface area (Å²) in [5.74, 6) is 1.37. The minimum atomic E-state index is 0.651. The van der Waals surface area contributed by atoms with E-state index in [4.69, 9.17) is 10.5 Å². The fourth-order valence-electron chi connectivity index (χ4n) is 1.69. The average molecular weight is 260 g/mol. The molecule has 1 aromatic rings. The Morgan fingerprint density at radius 1 is 1.57 bits per heavy atom. The molecule has 2 heterocycles. The summed E-state index contributed by atoms with van der Waals surface area (Å²) in [5.41, 5.74) is 5.84. The maximum atomic E-state index is 5.84. The van der Waals surface area contributed by atoms with Gasteiger partial charge < -0.3 is 10.5 Å². The minimum Gasteiger partial charge on any atom is -0.383 e. The number of halogens is 1. The number of nitrogen functional groups attached to an aromatic ring is 1. The molecule has 0 atom stereocenters. The van der Waals surface area contributed by atoms with Crippen molar-refractivity contribution in [2.75, 3.05) is 18.9 Å². The fraction of sp³-hybridized carbons (Fsp3) is 0.667. The van der Waals surface area contributed by atoms with E-state index in [0.29, 0.717) is 5.92 Å². The lowest BCUT2D eigenvalue weighted by Crippen LogP contribution is -2.21. The van der Waals surface area contributed by atoms with Crippen LogP contribution in [0.15, 0.2) is 10.7 Å². The normalized spacial score (nSPS) is 18.6. The molecule has 1 saturated heterocycles. The number of hydrogen-bond acceptors (Lipinski definition) is 3. The third-order valence-corrected chi connectivity index (χ3v) is 3.22. The third kappa shape index (κ3) is 2.09. The summed E-state index contributed by atoms with van der Waals surface area (Å²) in [5, 5.41) is 4.21. The van der Waals surface area contributed by atoms with Crippen LogP contribution in [0, 0.1) is 5.92 Å². The van der Waals surface area contributed by atoms with Gasteiger partial charge in [0.2, 0.25) is 0 Å². The first-order valence-electron chi connectivity index (χ1n) is 4.82. The van der Waals surface area contributed by atoms with Crippen LogP contribution in [0.3, 0.4) is 0 Å². The fourth-order valence-corrected chi connectivity index (χ4v) is 1.99. The van der Waals surface area contributed by atoms with Crippen molar-refractivity contribution in [3.05, 3.63) is 10.7 Å². The van der Waals surface area contributed by atoms with E-state index in [-0.39, 0.29) is 0 Å². The van der Waals surface area contributed by atoms with Crippen molar-refractivity contribution >= 4 is 21.7 Å². The van der Waals surface area contributed by atoms with Crippen LogP contribution in [0.5, 0.6) is 0 Å². The number of aromatic nitrogens is 2. The standard InChI is InChI=1S/C9H14BrN3O/c10-8-5-12-13(9(8)11)6-7-1-3-14-4-2-7/h5,7H,1-4,6,11H2. The second-order valence-electron chi connectivity index (χ2n) is 3.62. The van der Waals surface area contributed by atoms with E-state index >= 15 is 0 Å². The lowest BCUT2D eigenvalue weighted by molar-refractivity contribution is 0.0603. The maximum Gasteiger partial charge on any atom is 0.136 e. The quantitative estimate of drug-likeness (QED) is 0.879. The second-order valence-corrected chi connectivity index (χ2v) is 4.47. The molecule has 5 heteroatoms. The van der Waals surface area contributed by atoms with Crippen molar-refractivity contribution < 1.29 is 4.74 Å². The van der Waals surface area contributed by atoms with E-state index in [1.807, 2.05) is 4.68 Å². The van der Waals surface area contributed by atoms with E-state index in [1.165, 1.54) is 0 Å². The van der Waals surface area contributed by atoms with Gasteiger partial charge in [0, 0.05) is 19.8 Å². The molecule has 0 aromatic carbocycles. The summed E-state index contributed by atoms with van der Waals surface area (Å²) >= 11 is 3.35. The predicted octanol–water partition coefficient (Wildman–Crippen LogP) is 1.65. The van der Waals surface area contributed by atoms with Crippen LogP contribution in [-0.4, -0.2) is 23.0 Å². The van der Waals surface area contributed by atoms with Crippen LogP contribution in [0.4, 0.5) is 5.82 Å². The van der Waals surface area contributed by atoms with Crippen molar-refractivity contribution in [1.29, 1.82) is 0 Å². The lowest BCUT2D eigenvalue weighted by atomic mass is 10.0. The number of rotatable bonds is 2. The average Bonchev–Trinajstić information content (AvgIpc) is 2.52. The van der Waals surface area contributed by atoms with E-state index in [9.17, 15) is 0 Å². The Morgan fingerprint density at radius 3 is 2.86 bits per heavy atom. The Hall–Kier alpha value is -0.550. The summed E-state index contributed by atoms with van der Waals surface area (Å²) in [4.78, 5) is 0. The highest BCUT2D eigenvalue weighted by molar-refractivity contribution is 9.10. The van der Waals surface area contributed by atoms with Gasteiger partial charge in [-0.3, -0.25) is 0 Å². The third-order valence-electron chi connectivity index (χ3n) is 2.61. The summed E-state index contributed by atoms with van der Waals surface area (Å²) < 4.78 is 8.04. The first-order chi connectivity index (χ1) is 6.77. The molecule has 0 saturated carbocycles. The maximum absolute atomic E-state index is 5.84. The Morgan fingerprint density at radius 2 is 2.29 bits per heavy atom. The van der Waals surface area contributed by atoms with Gasteiger partial charge in [-0.1, -0.05) is 0 Å². The summed E-state index contributed by atoms with van der Waals surface area (Å²) in [6.45, 7) is 2.64. The molecular formula is C9H14BrN3O. The lowest BCUT2D eigenvalue weighted by Gasteiger charge is -2.22. The van der Waals surface area contributed by atoms with E-state index in [0.717, 1.165) is 42.9 Å². The molecule has 0 amide bonds. The molecule has 0 spiro atoms. The van der Waals surface area contributed by atoms with Crippen molar-refractivity contribution in [3.63, 3.8) is 0 Å². The van der Waals surface area contributed by atoms with Crippen LogP contribution < -0.4 is 5.73 Å². The van der Waals surface area contributed by atoms with Gasteiger partial charge in [-0.2, -0.15) is 5.10 Å². The van der Waals surface area contributed by atoms with E-state index < -0.39 is 0 Å². The Balaban J connectivity index is 1.99. The second kappa shape index (κ2) is 4.31. The Bertz CT molecular complexity index is 307. The molecule has 14 heavy (non-hydrogen) atoms. The molecule has 1 aliphatic heterocycles. The summed E-state index contributed by atoms with van der Waals surface area (Å²) in [6, 6.07) is 0. The zero-order valence-electron chi connectivity index (χ0n) is 7.95. The highest BCUT2D eigenvalue weighted by Crippen LogP contribution is 2.22. The summed E-state index contributed by atoms with van der Waals surface area (Å²) in [6.07, 6.45) is 3.96. The van der Waals surface area contributed by atoms with Crippen molar-refractivity contribution in [3.8, 4) is 0 Å². The largest absolute Gasteiger partial charge is 0.383 e. The molecule has 78 valence electrons. The number of ether oxygens (including phenoxy) is 1. The molecule has 0 aliphatic carbocycles. The molecule has 1 fully saturated rings. The van der Waals surface area contributed by atoms with Gasteiger partial charge in [-0.25, -0.2) is 4.68 Å². The first kappa shape index (κ1) is 9.98. The smallest absolute Gasteiger partial charge is 0.136 e. The zero-order valence-corrected chi connectivity index (χ0v) is 9.53. The molecule has 2 N–H and O–H groups in total. The number of hydrogen-bond donors (Lipinski definition) is 1. The van der Waals surface area contributed by atoms with Gasteiger partial charge in [-0.15, -0.1) is 0 Å². The van der Waals surface area contributed by atoms with E-state index in [2.05, 4.69) is 21.0 Å². The molecule has 0 unspecified atom stereocenters. The predicted molar refractivity (Wildman–Crippen MR) is 57.9 cm³/mol. The molecule has 4 nitrogen and oxygen atoms in total. The van der Waals surface area contributed by atoms with Gasteiger partial charge in [-0.05, 0) is 34.7 Å². The number of anilines is 1. The van der Waals surface area contributed by atoms with Crippen molar-refractivity contribution in [2.45, 2.75) is 19.4 Å². The molecule has 0 radical (unpaired) electrons. The van der Waals surface area contributed by atoms with Gasteiger partial charge in [0.05, 0.1) is 10.7 Å². The summed E-state index contributed by atoms with van der Waals surface area (Å²) in [7, 11) is 0.